The van der Waals surface area contributed by atoms with E-state index in [1.807, 2.05) is 50.2 Å². The van der Waals surface area contributed by atoms with Crippen molar-refractivity contribution in [2.24, 2.45) is 4.99 Å². The molecular weight excluding hydrogens is 617 g/mol. The van der Waals surface area contributed by atoms with Crippen molar-refractivity contribution in [1.82, 2.24) is 4.57 Å². The zero-order chi connectivity index (χ0) is 27.4. The smallest absolute Gasteiger partial charge is 0.338 e. The molecule has 0 radical (unpaired) electrons. The molecule has 8 nitrogen and oxygen atoms in total. The van der Waals surface area contributed by atoms with Crippen LogP contribution in [0.4, 0.5) is 0 Å². The van der Waals surface area contributed by atoms with Crippen LogP contribution < -0.4 is 24.4 Å². The van der Waals surface area contributed by atoms with Crippen molar-refractivity contribution < 1.29 is 19.0 Å². The second kappa shape index (κ2) is 12.0. The number of hydrogen-bond donors (Lipinski definition) is 0. The molecule has 0 bridgehead atoms. The molecule has 0 fully saturated rings. The molecular formula is C28H26IN3O5S. The molecule has 3 aromatic rings. The average molecular weight is 644 g/mol. The first-order valence-electron chi connectivity index (χ1n) is 12.0. The first kappa shape index (κ1) is 27.6. The highest BCUT2D eigenvalue weighted by Gasteiger charge is 2.33. The lowest BCUT2D eigenvalue weighted by Crippen LogP contribution is -2.39. The summed E-state index contributed by atoms with van der Waals surface area (Å²) in [6.45, 7) is 7.89. The summed E-state index contributed by atoms with van der Waals surface area (Å²) in [6, 6.07) is 12.7. The Kier molecular flexibility index (Phi) is 8.69. The molecule has 0 N–H and O–H groups in total. The summed E-state index contributed by atoms with van der Waals surface area (Å²) in [6.07, 6.45) is 1.78. The molecule has 0 spiro atoms. The van der Waals surface area contributed by atoms with E-state index in [9.17, 15) is 9.59 Å². The van der Waals surface area contributed by atoms with Crippen molar-refractivity contribution >= 4 is 46.0 Å². The summed E-state index contributed by atoms with van der Waals surface area (Å²) in [5.74, 6) is 0.491. The minimum absolute atomic E-state index is 0.102. The molecule has 0 unspecified atom stereocenters. The van der Waals surface area contributed by atoms with Gasteiger partial charge in [-0.15, -0.1) is 0 Å². The molecule has 2 heterocycles. The van der Waals surface area contributed by atoms with Crippen LogP contribution in [0.3, 0.4) is 0 Å². The Morgan fingerprint density at radius 2 is 1.92 bits per heavy atom. The van der Waals surface area contributed by atoms with Crippen LogP contribution in [-0.4, -0.2) is 30.4 Å². The standard InChI is InChI=1S/C28H26IN3O5S/c1-5-35-21-14-18(13-20(29)25(21)37-12-11-30)15-22-26(33)32-24(19-9-7-16(3)8-10-19)23(27(34)36-6-2)17(4)31-28(32)38-22/h7-10,13-15,24H,5-6,12H2,1-4H3/b22-15+/t24-/m0/s1. The van der Waals surface area contributed by atoms with Crippen molar-refractivity contribution in [2.45, 2.75) is 33.7 Å². The van der Waals surface area contributed by atoms with E-state index in [2.05, 4.69) is 27.6 Å². The summed E-state index contributed by atoms with van der Waals surface area (Å²) in [5.41, 5.74) is 3.22. The molecule has 0 amide bonds. The van der Waals surface area contributed by atoms with Crippen LogP contribution in [0.2, 0.25) is 0 Å². The van der Waals surface area contributed by atoms with Gasteiger partial charge < -0.3 is 14.2 Å². The van der Waals surface area contributed by atoms with E-state index < -0.39 is 12.0 Å². The van der Waals surface area contributed by atoms with Gasteiger partial charge >= 0.3 is 5.97 Å². The van der Waals surface area contributed by atoms with Crippen molar-refractivity contribution in [3.05, 3.63) is 87.6 Å². The van der Waals surface area contributed by atoms with Gasteiger partial charge in [0.1, 0.15) is 6.07 Å². The topological polar surface area (TPSA) is 103 Å². The highest BCUT2D eigenvalue weighted by Crippen LogP contribution is 2.35. The van der Waals surface area contributed by atoms with Crippen molar-refractivity contribution in [3.8, 4) is 17.6 Å². The number of thiazole rings is 1. The second-order valence-electron chi connectivity index (χ2n) is 8.42. The third-order valence-electron chi connectivity index (χ3n) is 5.82. The molecule has 1 aromatic heterocycles. The number of hydrogen-bond acceptors (Lipinski definition) is 8. The van der Waals surface area contributed by atoms with Crippen molar-refractivity contribution in [2.75, 3.05) is 19.8 Å². The Labute approximate surface area is 237 Å². The number of benzene rings is 2. The number of nitriles is 1. The maximum atomic E-state index is 13.8. The number of esters is 1. The van der Waals surface area contributed by atoms with E-state index in [0.717, 1.165) is 20.3 Å². The predicted octanol–water partition coefficient (Wildman–Crippen LogP) is 4.01. The first-order valence-corrected chi connectivity index (χ1v) is 13.9. The van der Waals surface area contributed by atoms with Crippen LogP contribution in [0.1, 0.15) is 43.5 Å². The Balaban J connectivity index is 1.90. The first-order chi connectivity index (χ1) is 18.3. The number of aryl methyl sites for hydroxylation is 1. The third kappa shape index (κ3) is 5.54. The molecule has 2 aromatic carbocycles. The number of fused-ring (bicyclic) bond motifs is 1. The number of rotatable bonds is 8. The molecule has 0 saturated carbocycles. The highest BCUT2D eigenvalue weighted by atomic mass is 127. The molecule has 4 rings (SSSR count). The molecule has 0 aliphatic carbocycles. The maximum absolute atomic E-state index is 13.8. The number of nitrogens with zero attached hydrogens (tertiary/aromatic N) is 3. The zero-order valence-electron chi connectivity index (χ0n) is 21.4. The lowest BCUT2D eigenvalue weighted by molar-refractivity contribution is -0.139. The fraction of sp³-hybridized carbons (Fsp3) is 0.286. The van der Waals surface area contributed by atoms with Gasteiger partial charge in [0.25, 0.3) is 5.56 Å². The van der Waals surface area contributed by atoms with E-state index in [4.69, 9.17) is 19.5 Å². The zero-order valence-corrected chi connectivity index (χ0v) is 24.4. The van der Waals surface area contributed by atoms with E-state index in [0.29, 0.717) is 38.7 Å². The summed E-state index contributed by atoms with van der Waals surface area (Å²) in [4.78, 5) is 32.0. The Bertz CT molecular complexity index is 1630. The number of aromatic nitrogens is 1. The minimum Gasteiger partial charge on any atom is -0.490 e. The molecule has 0 saturated heterocycles. The minimum atomic E-state index is -0.658. The van der Waals surface area contributed by atoms with Gasteiger partial charge in [-0.25, -0.2) is 9.79 Å². The van der Waals surface area contributed by atoms with Gasteiger partial charge in [0.05, 0.1) is 38.6 Å². The van der Waals surface area contributed by atoms with Gasteiger partial charge in [0, 0.05) is 0 Å². The molecule has 1 atom stereocenters. The predicted molar refractivity (Wildman–Crippen MR) is 153 cm³/mol. The van der Waals surface area contributed by atoms with E-state index in [1.165, 1.54) is 11.3 Å². The van der Waals surface area contributed by atoms with Gasteiger partial charge in [0.2, 0.25) is 0 Å². The SMILES string of the molecule is CCOC(=O)C1=C(C)N=c2s/c(=C/c3cc(I)c(OCC#N)c(OCC)c3)c(=O)n2[C@H]1c1ccc(C)cc1. The summed E-state index contributed by atoms with van der Waals surface area (Å²) >= 11 is 3.38. The lowest BCUT2D eigenvalue weighted by Gasteiger charge is -2.24. The summed E-state index contributed by atoms with van der Waals surface area (Å²) in [5, 5.41) is 8.92. The van der Waals surface area contributed by atoms with Crippen LogP contribution >= 0.6 is 33.9 Å². The van der Waals surface area contributed by atoms with Gasteiger partial charge in [-0.2, -0.15) is 5.26 Å². The monoisotopic (exact) mass is 643 g/mol. The lowest BCUT2D eigenvalue weighted by atomic mass is 9.95. The van der Waals surface area contributed by atoms with Crippen LogP contribution in [0.5, 0.6) is 11.5 Å². The van der Waals surface area contributed by atoms with Gasteiger partial charge in [-0.3, -0.25) is 9.36 Å². The fourth-order valence-corrected chi connectivity index (χ4v) is 6.01. The van der Waals surface area contributed by atoms with E-state index in [1.54, 1.807) is 30.6 Å². The number of carbonyl (C=O) groups is 1. The largest absolute Gasteiger partial charge is 0.490 e. The Morgan fingerprint density at radius 1 is 1.18 bits per heavy atom. The van der Waals surface area contributed by atoms with Crippen molar-refractivity contribution in [3.63, 3.8) is 0 Å². The van der Waals surface area contributed by atoms with E-state index in [-0.39, 0.29) is 18.8 Å². The van der Waals surface area contributed by atoms with Crippen LogP contribution in [0.15, 0.2) is 57.5 Å². The van der Waals surface area contributed by atoms with Gasteiger partial charge in [-0.1, -0.05) is 41.2 Å². The van der Waals surface area contributed by atoms with Crippen LogP contribution in [-0.2, 0) is 9.53 Å². The normalized spacial score (nSPS) is 14.9. The fourth-order valence-electron chi connectivity index (χ4n) is 4.19. The Morgan fingerprint density at radius 3 is 2.58 bits per heavy atom. The summed E-state index contributed by atoms with van der Waals surface area (Å²) < 4.78 is 19.4. The molecule has 38 heavy (non-hydrogen) atoms. The van der Waals surface area contributed by atoms with Crippen LogP contribution in [0.25, 0.3) is 6.08 Å². The second-order valence-corrected chi connectivity index (χ2v) is 10.6. The third-order valence-corrected chi connectivity index (χ3v) is 7.60. The molecule has 1 aliphatic rings. The molecule has 196 valence electrons. The van der Waals surface area contributed by atoms with E-state index >= 15 is 0 Å². The van der Waals surface area contributed by atoms with Gasteiger partial charge in [-0.05, 0) is 79.6 Å². The summed E-state index contributed by atoms with van der Waals surface area (Å²) in [7, 11) is 0. The van der Waals surface area contributed by atoms with Crippen LogP contribution in [0, 0.1) is 21.8 Å². The Hall–Kier alpha value is -3.43. The number of carbonyl (C=O) groups excluding carboxylic acids is 1. The molecule has 10 heteroatoms. The number of allylic oxidation sites excluding steroid dienone is 1. The quantitative estimate of drug-likeness (QED) is 0.272. The highest BCUT2D eigenvalue weighted by molar-refractivity contribution is 14.1. The van der Waals surface area contributed by atoms with Crippen molar-refractivity contribution in [1.29, 1.82) is 5.26 Å². The van der Waals surface area contributed by atoms with Gasteiger partial charge in [0.15, 0.2) is 22.9 Å². The maximum Gasteiger partial charge on any atom is 0.338 e. The average Bonchev–Trinajstić information content (AvgIpc) is 3.17. The number of ether oxygens (including phenoxy) is 3. The molecule has 1 aliphatic heterocycles. The number of halogens is 1.